The van der Waals surface area contributed by atoms with Gasteiger partial charge in [0.05, 0.1) is 29.2 Å². The summed E-state index contributed by atoms with van der Waals surface area (Å²) in [6, 6.07) is 9.49. The summed E-state index contributed by atoms with van der Waals surface area (Å²) in [5.41, 5.74) is -1.63. The van der Waals surface area contributed by atoms with Crippen LogP contribution in [0.25, 0.3) is 5.76 Å². The Morgan fingerprint density at radius 1 is 1.06 bits per heavy atom. The number of nitrogens with zero attached hydrogens (tertiary/aromatic N) is 2. The van der Waals surface area contributed by atoms with E-state index in [9.17, 15) is 38.7 Å². The second-order valence-electron chi connectivity index (χ2n) is 7.50. The van der Waals surface area contributed by atoms with Gasteiger partial charge in [-0.2, -0.15) is 0 Å². The molecule has 3 aromatic rings. The van der Waals surface area contributed by atoms with Crippen molar-refractivity contribution in [2.45, 2.75) is 6.04 Å². The number of methoxy groups -OCH3 is 1. The molecule has 11 heteroatoms. The highest BCUT2D eigenvalue weighted by Crippen LogP contribution is 2.44. The topological polar surface area (TPSA) is 130 Å². The largest absolute Gasteiger partial charge is 0.507 e. The van der Waals surface area contributed by atoms with Crippen molar-refractivity contribution >= 4 is 28.8 Å². The number of ether oxygens (including phenoxy) is 1. The molecule has 0 aliphatic carbocycles. The lowest BCUT2D eigenvalue weighted by Gasteiger charge is -2.25. The molecular weight excluding hydrogens is 466 g/mol. The smallest absolute Gasteiger partial charge is 0.311 e. The number of amides is 1. The number of halogens is 2. The van der Waals surface area contributed by atoms with Crippen LogP contribution >= 0.6 is 0 Å². The lowest BCUT2D eigenvalue weighted by atomic mass is 9.94. The number of hydrogen-bond donors (Lipinski definition) is 2. The molecule has 1 saturated heterocycles. The van der Waals surface area contributed by atoms with Gasteiger partial charge in [-0.05, 0) is 48.0 Å². The van der Waals surface area contributed by atoms with Crippen LogP contribution in [0.2, 0.25) is 0 Å². The van der Waals surface area contributed by atoms with Crippen LogP contribution in [0.3, 0.4) is 0 Å². The molecule has 1 heterocycles. The number of phenols is 1. The van der Waals surface area contributed by atoms with E-state index < -0.39 is 57.1 Å². The third-order valence-electron chi connectivity index (χ3n) is 5.46. The fourth-order valence-corrected chi connectivity index (χ4v) is 3.91. The van der Waals surface area contributed by atoms with Crippen LogP contribution in [0.1, 0.15) is 17.2 Å². The van der Waals surface area contributed by atoms with Gasteiger partial charge >= 0.3 is 5.69 Å². The van der Waals surface area contributed by atoms with Gasteiger partial charge < -0.3 is 14.9 Å². The highest BCUT2D eigenvalue weighted by atomic mass is 19.1. The molecule has 0 saturated carbocycles. The molecule has 0 spiro atoms. The Morgan fingerprint density at radius 3 is 2.43 bits per heavy atom. The van der Waals surface area contributed by atoms with E-state index in [-0.39, 0.29) is 22.6 Å². The van der Waals surface area contributed by atoms with Gasteiger partial charge in [0.2, 0.25) is 0 Å². The number of nitro benzene ring substituents is 1. The van der Waals surface area contributed by atoms with Crippen LogP contribution in [-0.4, -0.2) is 33.9 Å². The average molecular weight is 482 g/mol. The van der Waals surface area contributed by atoms with Crippen molar-refractivity contribution in [3.05, 3.63) is 99.1 Å². The molecule has 4 rings (SSSR count). The van der Waals surface area contributed by atoms with Crippen molar-refractivity contribution in [1.29, 1.82) is 0 Å². The molecular formula is C24H16F2N2O7. The van der Waals surface area contributed by atoms with Crippen LogP contribution in [0.4, 0.5) is 20.2 Å². The van der Waals surface area contributed by atoms with Crippen molar-refractivity contribution < 1.29 is 38.2 Å². The number of rotatable bonds is 5. The molecule has 1 fully saturated rings. The Kier molecular flexibility index (Phi) is 5.91. The second-order valence-corrected chi connectivity index (χ2v) is 7.50. The number of phenolic OH excluding ortho intramolecular Hbond substituents is 1. The van der Waals surface area contributed by atoms with Gasteiger partial charge in [0.25, 0.3) is 11.7 Å². The zero-order valence-corrected chi connectivity index (χ0v) is 17.9. The number of Topliss-reactive ketones (excluding diaryl/α,β-unsaturated/α-hetero) is 1. The number of anilines is 1. The number of aliphatic hydroxyl groups is 1. The molecule has 1 aliphatic heterocycles. The van der Waals surface area contributed by atoms with Gasteiger partial charge in [-0.1, -0.05) is 12.1 Å². The summed E-state index contributed by atoms with van der Waals surface area (Å²) in [6.07, 6.45) is 0. The Bertz CT molecular complexity index is 1420. The van der Waals surface area contributed by atoms with E-state index >= 15 is 0 Å². The highest BCUT2D eigenvalue weighted by molar-refractivity contribution is 6.51. The SMILES string of the molecule is COc1ccc(F)cc1/C(O)=C1\C(=O)C(=O)N(c2cccc(F)c2)C1c1ccc(O)c([N+](=O)[O-])c1. The quantitative estimate of drug-likeness (QED) is 0.183. The fraction of sp³-hybridized carbons (Fsp3) is 0.0833. The van der Waals surface area contributed by atoms with Crippen LogP contribution in [0.15, 0.2) is 66.2 Å². The highest BCUT2D eigenvalue weighted by Gasteiger charge is 2.47. The Labute approximate surface area is 196 Å². The van der Waals surface area contributed by atoms with Crippen molar-refractivity contribution in [3.63, 3.8) is 0 Å². The summed E-state index contributed by atoms with van der Waals surface area (Å²) in [7, 11) is 1.25. The van der Waals surface area contributed by atoms with E-state index in [1.165, 1.54) is 31.4 Å². The molecule has 0 aromatic heterocycles. The summed E-state index contributed by atoms with van der Waals surface area (Å²) in [6.45, 7) is 0. The molecule has 1 unspecified atom stereocenters. The van der Waals surface area contributed by atoms with E-state index in [4.69, 9.17) is 4.74 Å². The third kappa shape index (κ3) is 4.03. The first-order valence-electron chi connectivity index (χ1n) is 10.0. The molecule has 2 N–H and O–H groups in total. The van der Waals surface area contributed by atoms with E-state index in [2.05, 4.69) is 0 Å². The number of hydrogen-bond acceptors (Lipinski definition) is 7. The summed E-state index contributed by atoms with van der Waals surface area (Å²) in [5.74, 6) is -5.36. The van der Waals surface area contributed by atoms with Crippen LogP contribution < -0.4 is 9.64 Å². The number of aromatic hydroxyl groups is 1. The number of nitro groups is 1. The Morgan fingerprint density at radius 2 is 1.77 bits per heavy atom. The van der Waals surface area contributed by atoms with E-state index in [1.54, 1.807) is 0 Å². The summed E-state index contributed by atoms with van der Waals surface area (Å²) in [5, 5.41) is 32.4. The standard InChI is InChI=1S/C24H16F2N2O7/c1-35-19-8-6-14(26)11-16(19)22(30)20-21(12-5-7-18(29)17(9-12)28(33)34)27(24(32)23(20)31)15-4-2-3-13(25)10-15/h2-11,21,29-30H,1H3/b22-20+. The number of ketones is 1. The summed E-state index contributed by atoms with van der Waals surface area (Å²) < 4.78 is 33.1. The predicted molar refractivity (Wildman–Crippen MR) is 119 cm³/mol. The van der Waals surface area contributed by atoms with Gasteiger partial charge in [-0.3, -0.25) is 24.6 Å². The Balaban J connectivity index is 2.04. The first-order chi connectivity index (χ1) is 16.6. The fourth-order valence-electron chi connectivity index (χ4n) is 3.91. The monoisotopic (exact) mass is 482 g/mol. The third-order valence-corrected chi connectivity index (χ3v) is 5.46. The maximum absolute atomic E-state index is 14.0. The van der Waals surface area contributed by atoms with Gasteiger partial charge in [0.1, 0.15) is 23.1 Å². The molecule has 0 bridgehead atoms. The maximum atomic E-state index is 14.0. The minimum Gasteiger partial charge on any atom is -0.507 e. The van der Waals surface area contributed by atoms with Gasteiger partial charge in [0.15, 0.2) is 5.75 Å². The van der Waals surface area contributed by atoms with Crippen LogP contribution in [0.5, 0.6) is 11.5 Å². The van der Waals surface area contributed by atoms with E-state index in [1.807, 2.05) is 0 Å². The molecule has 9 nitrogen and oxygen atoms in total. The lowest BCUT2D eigenvalue weighted by molar-refractivity contribution is -0.385. The van der Waals surface area contributed by atoms with Gasteiger partial charge in [-0.15, -0.1) is 0 Å². The molecule has 35 heavy (non-hydrogen) atoms. The zero-order chi connectivity index (χ0) is 25.4. The van der Waals surface area contributed by atoms with E-state index in [0.29, 0.717) is 0 Å². The lowest BCUT2D eigenvalue weighted by Crippen LogP contribution is -2.29. The first-order valence-corrected chi connectivity index (χ1v) is 10.0. The number of carbonyl (C=O) groups excluding carboxylic acids is 2. The van der Waals surface area contributed by atoms with E-state index in [0.717, 1.165) is 41.3 Å². The van der Waals surface area contributed by atoms with Crippen molar-refractivity contribution in [2.75, 3.05) is 12.0 Å². The Hall–Kier alpha value is -4.80. The van der Waals surface area contributed by atoms with Crippen LogP contribution in [-0.2, 0) is 9.59 Å². The summed E-state index contributed by atoms with van der Waals surface area (Å²) in [4.78, 5) is 37.6. The molecule has 3 aromatic carbocycles. The molecule has 1 atom stereocenters. The van der Waals surface area contributed by atoms with Gasteiger partial charge in [0, 0.05) is 11.8 Å². The summed E-state index contributed by atoms with van der Waals surface area (Å²) >= 11 is 0. The second kappa shape index (κ2) is 8.86. The molecule has 1 aliphatic rings. The average Bonchev–Trinajstić information content (AvgIpc) is 3.09. The van der Waals surface area contributed by atoms with Crippen LogP contribution in [0, 0.1) is 21.7 Å². The minimum absolute atomic E-state index is 0.0173. The molecule has 1 amide bonds. The minimum atomic E-state index is -1.48. The normalized spacial score (nSPS) is 17.0. The number of aliphatic hydroxyl groups excluding tert-OH is 1. The zero-order valence-electron chi connectivity index (χ0n) is 17.9. The van der Waals surface area contributed by atoms with Crippen molar-refractivity contribution in [2.24, 2.45) is 0 Å². The van der Waals surface area contributed by atoms with Crippen molar-refractivity contribution in [3.8, 4) is 11.5 Å². The van der Waals surface area contributed by atoms with Gasteiger partial charge in [-0.25, -0.2) is 8.78 Å². The molecule has 178 valence electrons. The van der Waals surface area contributed by atoms with Crippen molar-refractivity contribution in [1.82, 2.24) is 0 Å². The number of benzene rings is 3. The first kappa shape index (κ1) is 23.4. The maximum Gasteiger partial charge on any atom is 0.311 e. The predicted octanol–water partition coefficient (Wildman–Crippen LogP) is 4.21. The molecule has 0 radical (unpaired) electrons. The number of carbonyl (C=O) groups is 2.